The van der Waals surface area contributed by atoms with Gasteiger partial charge < -0.3 is 0 Å². The third-order valence-corrected chi connectivity index (χ3v) is 4.20. The number of hydrogen-bond donors (Lipinski definition) is 0. The van der Waals surface area contributed by atoms with Crippen LogP contribution >= 0.6 is 27.3 Å². The SMILES string of the molecule is BrCc1ccc(-c2nc3ccccc3s2)nc1. The molecule has 2 heterocycles. The first-order valence-corrected chi connectivity index (χ1v) is 7.17. The summed E-state index contributed by atoms with van der Waals surface area (Å²) in [6.45, 7) is 0. The molecule has 84 valence electrons. The Morgan fingerprint density at radius 2 is 2.00 bits per heavy atom. The highest BCUT2D eigenvalue weighted by atomic mass is 79.9. The molecular formula is C13H9BrN2S. The van der Waals surface area contributed by atoms with Crippen LogP contribution in [-0.4, -0.2) is 9.97 Å². The Bertz CT molecular complexity index is 613. The van der Waals surface area contributed by atoms with Crippen molar-refractivity contribution in [1.29, 1.82) is 0 Å². The molecule has 3 aromatic rings. The molecule has 0 saturated carbocycles. The number of para-hydroxylation sites is 1. The summed E-state index contributed by atoms with van der Waals surface area (Å²) in [6.07, 6.45) is 1.89. The third kappa shape index (κ3) is 2.10. The molecule has 0 unspecified atom stereocenters. The van der Waals surface area contributed by atoms with Crippen LogP contribution in [0.25, 0.3) is 20.9 Å². The van der Waals surface area contributed by atoms with Gasteiger partial charge in [0.05, 0.1) is 15.9 Å². The number of hydrogen-bond acceptors (Lipinski definition) is 3. The molecule has 0 N–H and O–H groups in total. The van der Waals surface area contributed by atoms with Crippen LogP contribution in [0.1, 0.15) is 5.56 Å². The monoisotopic (exact) mass is 304 g/mol. The van der Waals surface area contributed by atoms with Crippen molar-refractivity contribution in [2.45, 2.75) is 5.33 Å². The smallest absolute Gasteiger partial charge is 0.143 e. The van der Waals surface area contributed by atoms with E-state index in [4.69, 9.17) is 0 Å². The summed E-state index contributed by atoms with van der Waals surface area (Å²) in [5.74, 6) is 0. The fourth-order valence-electron chi connectivity index (χ4n) is 1.61. The Kier molecular flexibility index (Phi) is 2.91. The molecule has 0 saturated heterocycles. The molecule has 1 aromatic carbocycles. The van der Waals surface area contributed by atoms with Gasteiger partial charge >= 0.3 is 0 Å². The number of rotatable bonds is 2. The molecule has 0 bridgehead atoms. The highest BCUT2D eigenvalue weighted by molar-refractivity contribution is 9.08. The molecular weight excluding hydrogens is 296 g/mol. The van der Waals surface area contributed by atoms with Gasteiger partial charge in [-0.05, 0) is 23.8 Å². The first kappa shape index (κ1) is 10.9. The van der Waals surface area contributed by atoms with E-state index in [1.54, 1.807) is 11.3 Å². The zero-order chi connectivity index (χ0) is 11.7. The van der Waals surface area contributed by atoms with Gasteiger partial charge in [0.15, 0.2) is 0 Å². The predicted octanol–water partition coefficient (Wildman–Crippen LogP) is 4.25. The molecule has 0 fully saturated rings. The van der Waals surface area contributed by atoms with Crippen LogP contribution in [0, 0.1) is 0 Å². The fraction of sp³-hybridized carbons (Fsp3) is 0.0769. The highest BCUT2D eigenvalue weighted by Crippen LogP contribution is 2.28. The Morgan fingerprint density at radius 1 is 1.12 bits per heavy atom. The number of alkyl halides is 1. The molecule has 17 heavy (non-hydrogen) atoms. The second-order valence-corrected chi connectivity index (χ2v) is 5.26. The van der Waals surface area contributed by atoms with Crippen molar-refractivity contribution in [3.8, 4) is 10.7 Å². The van der Waals surface area contributed by atoms with Gasteiger partial charge in [-0.25, -0.2) is 4.98 Å². The van der Waals surface area contributed by atoms with Gasteiger partial charge in [-0.3, -0.25) is 4.98 Å². The largest absolute Gasteiger partial charge is 0.253 e. The summed E-state index contributed by atoms with van der Waals surface area (Å²) in [6, 6.07) is 12.3. The Morgan fingerprint density at radius 3 is 2.71 bits per heavy atom. The van der Waals surface area contributed by atoms with E-state index in [2.05, 4.69) is 38.0 Å². The summed E-state index contributed by atoms with van der Waals surface area (Å²) >= 11 is 5.09. The standard InChI is InChI=1S/C13H9BrN2S/c14-7-9-5-6-11(15-8-9)13-16-10-3-1-2-4-12(10)17-13/h1-6,8H,7H2. The number of halogens is 1. The second kappa shape index (κ2) is 4.55. The second-order valence-electron chi connectivity index (χ2n) is 3.67. The lowest BCUT2D eigenvalue weighted by molar-refractivity contribution is 1.25. The molecule has 0 radical (unpaired) electrons. The minimum absolute atomic E-state index is 0.833. The maximum absolute atomic E-state index is 4.58. The fourth-order valence-corrected chi connectivity index (χ4v) is 2.89. The molecule has 4 heteroatoms. The van der Waals surface area contributed by atoms with Crippen LogP contribution in [0.2, 0.25) is 0 Å². The number of thiazole rings is 1. The number of nitrogens with zero attached hydrogens (tertiary/aromatic N) is 2. The first-order valence-electron chi connectivity index (χ1n) is 5.23. The zero-order valence-electron chi connectivity index (χ0n) is 8.93. The molecule has 0 spiro atoms. The predicted molar refractivity (Wildman–Crippen MR) is 75.5 cm³/mol. The van der Waals surface area contributed by atoms with Crippen molar-refractivity contribution in [2.75, 3.05) is 0 Å². The molecule has 0 aliphatic rings. The Balaban J connectivity index is 2.07. The maximum Gasteiger partial charge on any atom is 0.143 e. The van der Waals surface area contributed by atoms with Crippen LogP contribution in [0.3, 0.4) is 0 Å². The molecule has 0 atom stereocenters. The van der Waals surface area contributed by atoms with Crippen LogP contribution in [-0.2, 0) is 5.33 Å². The quantitative estimate of drug-likeness (QED) is 0.661. The van der Waals surface area contributed by atoms with Gasteiger partial charge in [0.25, 0.3) is 0 Å². The minimum Gasteiger partial charge on any atom is -0.253 e. The van der Waals surface area contributed by atoms with Crippen molar-refractivity contribution in [3.63, 3.8) is 0 Å². The van der Waals surface area contributed by atoms with E-state index in [9.17, 15) is 0 Å². The van der Waals surface area contributed by atoms with Gasteiger partial charge in [0.2, 0.25) is 0 Å². The van der Waals surface area contributed by atoms with E-state index in [-0.39, 0.29) is 0 Å². The van der Waals surface area contributed by atoms with Crippen molar-refractivity contribution in [2.24, 2.45) is 0 Å². The van der Waals surface area contributed by atoms with E-state index < -0.39 is 0 Å². The Hall–Kier alpha value is -1.26. The molecule has 0 aliphatic heterocycles. The van der Waals surface area contributed by atoms with Gasteiger partial charge in [0.1, 0.15) is 5.01 Å². The lowest BCUT2D eigenvalue weighted by Gasteiger charge is -1.96. The number of fused-ring (bicyclic) bond motifs is 1. The minimum atomic E-state index is 0.833. The summed E-state index contributed by atoms with van der Waals surface area (Å²) in [4.78, 5) is 9.02. The number of pyridine rings is 1. The van der Waals surface area contributed by atoms with Crippen LogP contribution in [0.4, 0.5) is 0 Å². The average molecular weight is 305 g/mol. The van der Waals surface area contributed by atoms with Gasteiger partial charge in [-0.15, -0.1) is 11.3 Å². The van der Waals surface area contributed by atoms with E-state index in [0.29, 0.717) is 0 Å². The molecule has 0 aliphatic carbocycles. The molecule has 2 aromatic heterocycles. The van der Waals surface area contributed by atoms with Crippen molar-refractivity contribution < 1.29 is 0 Å². The maximum atomic E-state index is 4.58. The third-order valence-electron chi connectivity index (χ3n) is 2.49. The highest BCUT2D eigenvalue weighted by Gasteiger charge is 2.06. The summed E-state index contributed by atoms with van der Waals surface area (Å²) < 4.78 is 1.20. The summed E-state index contributed by atoms with van der Waals surface area (Å²) in [7, 11) is 0. The topological polar surface area (TPSA) is 25.8 Å². The number of aromatic nitrogens is 2. The van der Waals surface area contributed by atoms with E-state index in [0.717, 1.165) is 21.5 Å². The summed E-state index contributed by atoms with van der Waals surface area (Å²) in [5, 5.41) is 1.81. The van der Waals surface area contributed by atoms with Gasteiger partial charge in [0, 0.05) is 11.5 Å². The van der Waals surface area contributed by atoms with Crippen LogP contribution in [0.15, 0.2) is 42.6 Å². The van der Waals surface area contributed by atoms with Crippen LogP contribution < -0.4 is 0 Å². The van der Waals surface area contributed by atoms with Crippen molar-refractivity contribution in [3.05, 3.63) is 48.2 Å². The lowest BCUT2D eigenvalue weighted by atomic mass is 10.3. The van der Waals surface area contributed by atoms with E-state index in [1.807, 2.05) is 30.5 Å². The van der Waals surface area contributed by atoms with Crippen molar-refractivity contribution >= 4 is 37.5 Å². The average Bonchev–Trinajstić information content (AvgIpc) is 2.82. The van der Waals surface area contributed by atoms with Gasteiger partial charge in [-0.1, -0.05) is 34.1 Å². The Labute approximate surface area is 111 Å². The van der Waals surface area contributed by atoms with E-state index in [1.165, 1.54) is 10.3 Å². The van der Waals surface area contributed by atoms with E-state index >= 15 is 0 Å². The zero-order valence-corrected chi connectivity index (χ0v) is 11.3. The molecule has 2 nitrogen and oxygen atoms in total. The lowest BCUT2D eigenvalue weighted by Crippen LogP contribution is -1.84. The first-order chi connectivity index (χ1) is 8.36. The summed E-state index contributed by atoms with van der Waals surface area (Å²) in [5.41, 5.74) is 3.16. The van der Waals surface area contributed by atoms with Crippen molar-refractivity contribution in [1.82, 2.24) is 9.97 Å². The normalized spacial score (nSPS) is 10.9. The molecule has 3 rings (SSSR count). The number of benzene rings is 1. The van der Waals surface area contributed by atoms with Crippen LogP contribution in [0.5, 0.6) is 0 Å². The molecule has 0 amide bonds. The van der Waals surface area contributed by atoms with Gasteiger partial charge in [-0.2, -0.15) is 0 Å².